The van der Waals surface area contributed by atoms with Crippen LogP contribution in [0, 0.1) is 6.92 Å². The van der Waals surface area contributed by atoms with Crippen LogP contribution in [0.25, 0.3) is 0 Å². The van der Waals surface area contributed by atoms with Gasteiger partial charge < -0.3 is 16.4 Å². The molecule has 2 rings (SSSR count). The van der Waals surface area contributed by atoms with Crippen LogP contribution >= 0.6 is 11.3 Å². The molecule has 1 unspecified atom stereocenters. The molecule has 19 heavy (non-hydrogen) atoms. The van der Waals surface area contributed by atoms with Crippen LogP contribution in [0.3, 0.4) is 0 Å². The summed E-state index contributed by atoms with van der Waals surface area (Å²) in [6.45, 7) is 4.03. The number of nitrogens with zero attached hydrogens (tertiary/aromatic N) is 1. The quantitative estimate of drug-likeness (QED) is 0.802. The molecule has 0 radical (unpaired) electrons. The minimum absolute atomic E-state index is 0.105. The number of carbonyl (C=O) groups is 1. The summed E-state index contributed by atoms with van der Waals surface area (Å²) in [5, 5.41) is 8.97. The van der Waals surface area contributed by atoms with Crippen molar-refractivity contribution in [2.24, 2.45) is 5.73 Å². The van der Waals surface area contributed by atoms with Crippen LogP contribution in [0.2, 0.25) is 0 Å². The maximum Gasteiger partial charge on any atom is 0.316 e. The van der Waals surface area contributed by atoms with Crippen molar-refractivity contribution in [3.8, 4) is 0 Å². The van der Waals surface area contributed by atoms with E-state index in [-0.39, 0.29) is 6.04 Å². The number of benzene rings is 1. The van der Waals surface area contributed by atoms with Gasteiger partial charge in [-0.2, -0.15) is 0 Å². The Labute approximate surface area is 115 Å². The van der Waals surface area contributed by atoms with Gasteiger partial charge in [0.1, 0.15) is 0 Å². The van der Waals surface area contributed by atoms with Crippen molar-refractivity contribution in [1.29, 1.82) is 0 Å². The number of hydrogen-bond acceptors (Lipinski definition) is 4. The van der Waals surface area contributed by atoms with E-state index in [1.54, 1.807) is 17.4 Å². The number of nitrogens with two attached hydrogens (primary N) is 1. The van der Waals surface area contributed by atoms with Gasteiger partial charge in [-0.1, -0.05) is 6.07 Å². The van der Waals surface area contributed by atoms with Crippen LogP contribution in [-0.4, -0.2) is 11.0 Å². The van der Waals surface area contributed by atoms with Crippen molar-refractivity contribution in [3.63, 3.8) is 0 Å². The molecule has 1 aromatic carbocycles. The van der Waals surface area contributed by atoms with Gasteiger partial charge in [-0.05, 0) is 32.0 Å². The Morgan fingerprint density at radius 2 is 2.16 bits per heavy atom. The lowest BCUT2D eigenvalue weighted by atomic mass is 10.2. The van der Waals surface area contributed by atoms with Gasteiger partial charge in [0.15, 0.2) is 0 Å². The van der Waals surface area contributed by atoms with Crippen LogP contribution in [0.1, 0.15) is 23.7 Å². The molecule has 1 aromatic heterocycles. The zero-order valence-corrected chi connectivity index (χ0v) is 11.6. The van der Waals surface area contributed by atoms with Gasteiger partial charge in [-0.25, -0.2) is 9.78 Å². The highest BCUT2D eigenvalue weighted by Gasteiger charge is 2.09. The fourth-order valence-electron chi connectivity index (χ4n) is 1.73. The molecule has 1 atom stereocenters. The summed E-state index contributed by atoms with van der Waals surface area (Å²) in [6, 6.07) is 6.94. The highest BCUT2D eigenvalue weighted by Crippen LogP contribution is 2.22. The van der Waals surface area contributed by atoms with E-state index in [0.717, 1.165) is 16.4 Å². The summed E-state index contributed by atoms with van der Waals surface area (Å²) in [7, 11) is 0. The molecule has 0 saturated heterocycles. The molecule has 0 bridgehead atoms. The largest absolute Gasteiger partial charge is 0.377 e. The number of rotatable bonds is 4. The van der Waals surface area contributed by atoms with Gasteiger partial charge in [-0.3, -0.25) is 0 Å². The molecular weight excluding hydrogens is 260 g/mol. The van der Waals surface area contributed by atoms with Crippen molar-refractivity contribution in [2.75, 3.05) is 10.6 Å². The van der Waals surface area contributed by atoms with Gasteiger partial charge in [0.05, 0.1) is 16.7 Å². The Hall–Kier alpha value is -2.08. The molecule has 100 valence electrons. The zero-order chi connectivity index (χ0) is 13.8. The predicted molar refractivity (Wildman–Crippen MR) is 78.5 cm³/mol. The second kappa shape index (κ2) is 5.71. The fourth-order valence-corrected chi connectivity index (χ4v) is 2.44. The molecule has 6 heteroatoms. The number of carbonyl (C=O) groups excluding carboxylic acids is 1. The molecule has 5 nitrogen and oxygen atoms in total. The van der Waals surface area contributed by atoms with Gasteiger partial charge in [-0.15, -0.1) is 11.3 Å². The van der Waals surface area contributed by atoms with E-state index in [1.165, 1.54) is 0 Å². The first kappa shape index (κ1) is 13.4. The van der Waals surface area contributed by atoms with Crippen molar-refractivity contribution in [3.05, 3.63) is 40.3 Å². The third kappa shape index (κ3) is 3.69. The molecule has 0 aliphatic rings. The van der Waals surface area contributed by atoms with Crippen LogP contribution < -0.4 is 16.4 Å². The minimum Gasteiger partial charge on any atom is -0.377 e. The zero-order valence-electron chi connectivity index (χ0n) is 10.8. The lowest BCUT2D eigenvalue weighted by Crippen LogP contribution is -2.19. The number of aromatic nitrogens is 1. The first-order chi connectivity index (χ1) is 9.04. The highest BCUT2D eigenvalue weighted by molar-refractivity contribution is 7.09. The normalized spacial score (nSPS) is 11.9. The third-order valence-electron chi connectivity index (χ3n) is 2.59. The van der Waals surface area contributed by atoms with Gasteiger partial charge in [0.2, 0.25) is 0 Å². The highest BCUT2D eigenvalue weighted by atomic mass is 32.1. The van der Waals surface area contributed by atoms with Gasteiger partial charge in [0.25, 0.3) is 0 Å². The smallest absolute Gasteiger partial charge is 0.316 e. The molecule has 0 spiro atoms. The Morgan fingerprint density at radius 3 is 2.79 bits per heavy atom. The van der Waals surface area contributed by atoms with Crippen molar-refractivity contribution < 1.29 is 4.79 Å². The monoisotopic (exact) mass is 276 g/mol. The number of urea groups is 1. The number of amides is 2. The number of anilines is 2. The number of nitrogens with one attached hydrogen (secondary N) is 2. The average Bonchev–Trinajstić information content (AvgIpc) is 2.75. The number of hydrogen-bond donors (Lipinski definition) is 3. The molecule has 2 aromatic rings. The van der Waals surface area contributed by atoms with Gasteiger partial charge in [0, 0.05) is 16.8 Å². The second-order valence-corrected chi connectivity index (χ2v) is 5.29. The standard InChI is InChI=1S/C13H16N4OS/c1-8(12-7-19-9(2)16-12)15-10-4-3-5-11(6-10)17-13(14)18/h3-8,15H,1-2H3,(H3,14,17,18). The van der Waals surface area contributed by atoms with E-state index in [9.17, 15) is 4.79 Å². The van der Waals surface area contributed by atoms with E-state index in [0.29, 0.717) is 5.69 Å². The Morgan fingerprint density at radius 1 is 1.42 bits per heavy atom. The van der Waals surface area contributed by atoms with Gasteiger partial charge >= 0.3 is 6.03 Å². The maximum atomic E-state index is 10.8. The number of primary amides is 1. The van der Waals surface area contributed by atoms with Crippen molar-refractivity contribution in [1.82, 2.24) is 4.98 Å². The van der Waals surface area contributed by atoms with Crippen LogP contribution in [0.4, 0.5) is 16.2 Å². The van der Waals surface area contributed by atoms with Crippen LogP contribution in [0.15, 0.2) is 29.6 Å². The Bertz CT molecular complexity index is 582. The molecule has 0 saturated carbocycles. The van der Waals surface area contributed by atoms with Crippen molar-refractivity contribution >= 4 is 28.7 Å². The first-order valence-corrected chi connectivity index (χ1v) is 6.77. The summed E-state index contributed by atoms with van der Waals surface area (Å²) in [5.41, 5.74) is 7.67. The van der Waals surface area contributed by atoms with E-state index >= 15 is 0 Å². The lowest BCUT2D eigenvalue weighted by molar-refractivity contribution is 0.259. The van der Waals surface area contributed by atoms with Crippen molar-refractivity contribution in [2.45, 2.75) is 19.9 Å². The lowest BCUT2D eigenvalue weighted by Gasteiger charge is -2.14. The molecule has 0 aliphatic heterocycles. The first-order valence-electron chi connectivity index (χ1n) is 5.89. The molecule has 0 aliphatic carbocycles. The third-order valence-corrected chi connectivity index (χ3v) is 3.39. The Balaban J connectivity index is 2.08. The SMILES string of the molecule is Cc1nc(C(C)Nc2cccc(NC(N)=O)c2)cs1. The Kier molecular flexibility index (Phi) is 4.01. The molecule has 4 N–H and O–H groups in total. The average molecular weight is 276 g/mol. The molecular formula is C13H16N4OS. The van der Waals surface area contributed by atoms with Crippen LogP contribution in [0.5, 0.6) is 0 Å². The van der Waals surface area contributed by atoms with E-state index in [4.69, 9.17) is 5.73 Å². The second-order valence-electron chi connectivity index (χ2n) is 4.23. The van der Waals surface area contributed by atoms with Crippen LogP contribution in [-0.2, 0) is 0 Å². The molecule has 0 fully saturated rings. The number of thiazole rings is 1. The summed E-state index contributed by atoms with van der Waals surface area (Å²) >= 11 is 1.63. The summed E-state index contributed by atoms with van der Waals surface area (Å²) in [4.78, 5) is 15.3. The topological polar surface area (TPSA) is 80.0 Å². The minimum atomic E-state index is -0.569. The summed E-state index contributed by atoms with van der Waals surface area (Å²) in [6.07, 6.45) is 0. The molecule has 2 amide bonds. The maximum absolute atomic E-state index is 10.8. The predicted octanol–water partition coefficient (Wildman–Crippen LogP) is 3.12. The van der Waals surface area contributed by atoms with E-state index < -0.39 is 6.03 Å². The summed E-state index contributed by atoms with van der Waals surface area (Å²) in [5.74, 6) is 0. The van der Waals surface area contributed by atoms with E-state index in [2.05, 4.69) is 15.6 Å². The van der Waals surface area contributed by atoms with E-state index in [1.807, 2.05) is 37.4 Å². The fraction of sp³-hybridized carbons (Fsp3) is 0.231. The number of aryl methyl sites for hydroxylation is 1. The molecule has 1 heterocycles. The summed E-state index contributed by atoms with van der Waals surface area (Å²) < 4.78 is 0.